The summed E-state index contributed by atoms with van der Waals surface area (Å²) in [5, 5.41) is -0.320. The van der Waals surface area contributed by atoms with Crippen LogP contribution in [0.25, 0.3) is 0 Å². The van der Waals surface area contributed by atoms with Crippen LogP contribution < -0.4 is 0 Å². The third-order valence-corrected chi connectivity index (χ3v) is 8.51. The van der Waals surface area contributed by atoms with Crippen LogP contribution in [0.5, 0.6) is 0 Å². The van der Waals surface area contributed by atoms with Crippen LogP contribution >= 0.6 is 0 Å². The molecule has 0 fully saturated rings. The summed E-state index contributed by atoms with van der Waals surface area (Å²) in [6, 6.07) is 0. The molecule has 0 aromatic carbocycles. The molecular weight excluding hydrogens is 301 g/mol. The van der Waals surface area contributed by atoms with Gasteiger partial charge in [0.2, 0.25) is 0 Å². The number of hydrogen-bond acceptors (Lipinski definition) is 3. The molecule has 0 bridgehead atoms. The fourth-order valence-electron chi connectivity index (χ4n) is 1.73. The number of cyclic esters (lactones) is 1. The minimum absolute atomic E-state index is 0.291. The molecule has 122 valence electrons. The first-order chi connectivity index (χ1) is 9.33. The van der Waals surface area contributed by atoms with Gasteiger partial charge in [0.05, 0.1) is 0 Å². The summed E-state index contributed by atoms with van der Waals surface area (Å²) in [4.78, 5) is 11.1. The van der Waals surface area contributed by atoms with Crippen molar-refractivity contribution in [3.05, 3.63) is 12.2 Å². The van der Waals surface area contributed by atoms with Crippen LogP contribution in [0.2, 0.25) is 18.1 Å². The van der Waals surface area contributed by atoms with Crippen molar-refractivity contribution in [2.45, 2.75) is 70.1 Å². The van der Waals surface area contributed by atoms with Crippen molar-refractivity contribution < 1.29 is 27.1 Å². The molecule has 0 saturated heterocycles. The van der Waals surface area contributed by atoms with Gasteiger partial charge in [-0.05, 0) is 18.1 Å². The van der Waals surface area contributed by atoms with E-state index in [2.05, 4.69) is 0 Å². The summed E-state index contributed by atoms with van der Waals surface area (Å²) in [6.07, 6.45) is -4.44. The normalized spacial score (nSPS) is 22.1. The summed E-state index contributed by atoms with van der Waals surface area (Å²) >= 11 is 0. The van der Waals surface area contributed by atoms with E-state index in [0.717, 1.165) is 0 Å². The summed E-state index contributed by atoms with van der Waals surface area (Å²) < 4.78 is 50.1. The summed E-state index contributed by atoms with van der Waals surface area (Å²) in [5.74, 6) is -0.598. The zero-order chi connectivity index (χ0) is 16.5. The molecule has 0 aromatic rings. The highest BCUT2D eigenvalue weighted by Gasteiger charge is 2.48. The van der Waals surface area contributed by atoms with E-state index in [1.165, 1.54) is 12.2 Å². The lowest BCUT2D eigenvalue weighted by Gasteiger charge is -2.40. The molecule has 0 amide bonds. The molecular formula is C14H23F3O3Si. The van der Waals surface area contributed by atoms with Crippen molar-refractivity contribution in [2.24, 2.45) is 0 Å². The Kier molecular flexibility index (Phi) is 5.31. The third kappa shape index (κ3) is 5.14. The largest absolute Gasteiger partial charge is 0.459 e. The lowest BCUT2D eigenvalue weighted by Crippen LogP contribution is -2.49. The fourth-order valence-corrected chi connectivity index (χ4v) is 3.03. The van der Waals surface area contributed by atoms with E-state index in [1.807, 2.05) is 20.8 Å². The maximum absolute atomic E-state index is 13.2. The molecule has 1 aliphatic heterocycles. The molecule has 0 radical (unpaired) electrons. The molecule has 3 nitrogen and oxygen atoms in total. The first-order valence-corrected chi connectivity index (χ1v) is 9.85. The zero-order valence-corrected chi connectivity index (χ0v) is 14.1. The van der Waals surface area contributed by atoms with Crippen molar-refractivity contribution >= 4 is 14.3 Å². The quantitative estimate of drug-likeness (QED) is 0.574. The smallest absolute Gasteiger partial charge is 0.413 e. The number of ether oxygens (including phenoxy) is 1. The summed E-state index contributed by atoms with van der Waals surface area (Å²) in [7, 11) is -2.56. The Bertz CT molecular complexity index is 411. The van der Waals surface area contributed by atoms with E-state index in [1.54, 1.807) is 13.1 Å². The van der Waals surface area contributed by atoms with Crippen LogP contribution in [-0.4, -0.2) is 32.7 Å². The van der Waals surface area contributed by atoms with Crippen LogP contribution in [-0.2, 0) is 14.0 Å². The molecule has 7 heteroatoms. The van der Waals surface area contributed by atoms with E-state index < -0.39 is 32.7 Å². The predicted molar refractivity (Wildman–Crippen MR) is 76.4 cm³/mol. The SMILES string of the molecule is CC(C)(C)[Si](C)(C)OC(CC1CC=CC(=O)O1)C(F)(F)F. The number of carbonyl (C=O) groups is 1. The molecule has 2 atom stereocenters. The second-order valence-electron chi connectivity index (χ2n) is 6.84. The van der Waals surface area contributed by atoms with E-state index in [0.29, 0.717) is 6.42 Å². The molecule has 21 heavy (non-hydrogen) atoms. The number of rotatable bonds is 4. The van der Waals surface area contributed by atoms with Gasteiger partial charge < -0.3 is 9.16 Å². The van der Waals surface area contributed by atoms with Crippen molar-refractivity contribution in [3.8, 4) is 0 Å². The molecule has 0 aromatic heterocycles. The highest BCUT2D eigenvalue weighted by Crippen LogP contribution is 2.40. The second kappa shape index (κ2) is 6.12. The van der Waals surface area contributed by atoms with Gasteiger partial charge in [0.25, 0.3) is 0 Å². The second-order valence-corrected chi connectivity index (χ2v) is 11.6. The Morgan fingerprint density at radius 3 is 2.38 bits per heavy atom. The Labute approximate surface area is 124 Å². The average Bonchev–Trinajstić information content (AvgIpc) is 2.25. The van der Waals surface area contributed by atoms with Crippen LogP contribution in [0.4, 0.5) is 13.2 Å². The number of hydrogen-bond donors (Lipinski definition) is 0. The van der Waals surface area contributed by atoms with Gasteiger partial charge >= 0.3 is 12.1 Å². The minimum Gasteiger partial charge on any atom is -0.459 e. The number of esters is 1. The van der Waals surface area contributed by atoms with E-state index in [-0.39, 0.29) is 11.5 Å². The topological polar surface area (TPSA) is 35.5 Å². The van der Waals surface area contributed by atoms with Crippen molar-refractivity contribution in [2.75, 3.05) is 0 Å². The molecule has 2 unspecified atom stereocenters. The third-order valence-electron chi connectivity index (χ3n) is 4.02. The first kappa shape index (κ1) is 18.2. The fraction of sp³-hybridized carbons (Fsp3) is 0.786. The number of carbonyl (C=O) groups excluding carboxylic acids is 1. The molecule has 0 saturated carbocycles. The van der Waals surface area contributed by atoms with E-state index >= 15 is 0 Å². The molecule has 1 heterocycles. The molecule has 0 spiro atoms. The predicted octanol–water partition coefficient (Wildman–Crippen LogP) is 4.20. The first-order valence-electron chi connectivity index (χ1n) is 6.94. The van der Waals surface area contributed by atoms with Crippen LogP contribution in [0, 0.1) is 0 Å². The highest BCUT2D eigenvalue weighted by atomic mass is 28.4. The number of alkyl halides is 3. The maximum atomic E-state index is 13.2. The van der Waals surface area contributed by atoms with Crippen molar-refractivity contribution in [3.63, 3.8) is 0 Å². The van der Waals surface area contributed by atoms with Gasteiger partial charge in [0.15, 0.2) is 8.32 Å². The highest BCUT2D eigenvalue weighted by molar-refractivity contribution is 6.74. The standard InChI is InChI=1S/C14H23F3O3Si/c1-13(2,3)21(4,5)20-11(14(15,16)17)9-10-7-6-8-12(18)19-10/h6,8,10-11H,7,9H2,1-5H3. The lowest BCUT2D eigenvalue weighted by molar-refractivity contribution is -0.207. The molecule has 1 rings (SSSR count). The van der Waals surface area contributed by atoms with Gasteiger partial charge in [0, 0.05) is 18.9 Å². The number of halogens is 3. The van der Waals surface area contributed by atoms with Gasteiger partial charge in [-0.15, -0.1) is 0 Å². The van der Waals surface area contributed by atoms with E-state index in [4.69, 9.17) is 9.16 Å². The summed E-state index contributed by atoms with van der Waals surface area (Å²) in [6.45, 7) is 9.21. The Morgan fingerprint density at radius 1 is 1.38 bits per heavy atom. The van der Waals surface area contributed by atoms with Gasteiger partial charge in [-0.1, -0.05) is 26.8 Å². The molecule has 0 N–H and O–H groups in total. The molecule has 1 aliphatic rings. The monoisotopic (exact) mass is 324 g/mol. The van der Waals surface area contributed by atoms with Crippen LogP contribution in [0.3, 0.4) is 0 Å². The lowest BCUT2D eigenvalue weighted by atomic mass is 10.1. The van der Waals surface area contributed by atoms with Crippen LogP contribution in [0.15, 0.2) is 12.2 Å². The van der Waals surface area contributed by atoms with Gasteiger partial charge in [-0.3, -0.25) is 0 Å². The Hall–Kier alpha value is -0.823. The molecule has 0 aliphatic carbocycles. The Morgan fingerprint density at radius 2 is 1.95 bits per heavy atom. The van der Waals surface area contributed by atoms with Gasteiger partial charge in [0.1, 0.15) is 12.2 Å². The summed E-state index contributed by atoms with van der Waals surface area (Å²) in [5.41, 5.74) is 0. The van der Waals surface area contributed by atoms with Crippen molar-refractivity contribution in [1.82, 2.24) is 0 Å². The van der Waals surface area contributed by atoms with E-state index in [9.17, 15) is 18.0 Å². The Balaban J connectivity index is 2.83. The minimum atomic E-state index is -4.47. The zero-order valence-electron chi connectivity index (χ0n) is 13.1. The van der Waals surface area contributed by atoms with Gasteiger partial charge in [-0.25, -0.2) is 4.79 Å². The average molecular weight is 324 g/mol. The maximum Gasteiger partial charge on any atom is 0.413 e. The van der Waals surface area contributed by atoms with Gasteiger partial charge in [-0.2, -0.15) is 13.2 Å². The van der Waals surface area contributed by atoms with Crippen molar-refractivity contribution in [1.29, 1.82) is 0 Å². The van der Waals surface area contributed by atoms with Crippen LogP contribution in [0.1, 0.15) is 33.6 Å².